The highest BCUT2D eigenvalue weighted by Gasteiger charge is 2.35. The van der Waals surface area contributed by atoms with Gasteiger partial charge in [0.25, 0.3) is 0 Å². The third-order valence-corrected chi connectivity index (χ3v) is 3.59. The van der Waals surface area contributed by atoms with E-state index >= 15 is 0 Å². The summed E-state index contributed by atoms with van der Waals surface area (Å²) in [5.74, 6) is -0.527. The number of nitrogens with one attached hydrogen (secondary N) is 1. The maximum atomic E-state index is 13.0. The summed E-state index contributed by atoms with van der Waals surface area (Å²) in [4.78, 5) is 24.8. The summed E-state index contributed by atoms with van der Waals surface area (Å²) in [6.45, 7) is 3.53. The highest BCUT2D eigenvalue weighted by Crippen LogP contribution is 2.32. The topological polar surface area (TPSA) is 49.4 Å². The molecule has 0 spiro atoms. The summed E-state index contributed by atoms with van der Waals surface area (Å²) in [5, 5.41) is 2.68. The summed E-state index contributed by atoms with van der Waals surface area (Å²) >= 11 is 0. The van der Waals surface area contributed by atoms with E-state index in [4.69, 9.17) is 0 Å². The van der Waals surface area contributed by atoms with Crippen LogP contribution in [0.3, 0.4) is 0 Å². The van der Waals surface area contributed by atoms with Crippen molar-refractivity contribution in [1.29, 1.82) is 0 Å². The monoisotopic (exact) mass is 326 g/mol. The molecule has 1 aliphatic rings. The fourth-order valence-electron chi connectivity index (χ4n) is 2.58. The van der Waals surface area contributed by atoms with Crippen molar-refractivity contribution in [2.45, 2.75) is 31.6 Å². The first-order valence-electron chi connectivity index (χ1n) is 7.14. The van der Waals surface area contributed by atoms with Gasteiger partial charge in [0.05, 0.1) is 11.6 Å². The van der Waals surface area contributed by atoms with Gasteiger partial charge in [-0.3, -0.25) is 9.59 Å². The van der Waals surface area contributed by atoms with Gasteiger partial charge in [0, 0.05) is 25.9 Å². The van der Waals surface area contributed by atoms with E-state index in [1.54, 1.807) is 0 Å². The smallest absolute Gasteiger partial charge is 0.351 e. The van der Waals surface area contributed by atoms with Crippen LogP contribution in [0.5, 0.6) is 0 Å². The Morgan fingerprint density at radius 2 is 2.09 bits per heavy atom. The van der Waals surface area contributed by atoms with E-state index in [9.17, 15) is 22.8 Å². The number of hydrogen-bond donors (Lipinski definition) is 1. The Bertz CT molecular complexity index is 614. The summed E-state index contributed by atoms with van der Waals surface area (Å²) in [6, 6.07) is 4.80. The van der Waals surface area contributed by atoms with E-state index in [2.05, 4.69) is 11.9 Å². The Morgan fingerprint density at radius 3 is 2.74 bits per heavy atom. The number of nitrogens with zero attached hydrogens (tertiary/aromatic N) is 1. The molecule has 0 bridgehead atoms. The molecule has 124 valence electrons. The van der Waals surface area contributed by atoms with Crippen molar-refractivity contribution in [3.05, 3.63) is 48.0 Å². The second kappa shape index (κ2) is 6.85. The zero-order chi connectivity index (χ0) is 17.0. The average Bonchev–Trinajstić information content (AvgIpc) is 2.78. The molecule has 23 heavy (non-hydrogen) atoms. The summed E-state index contributed by atoms with van der Waals surface area (Å²) in [7, 11) is 0. The zero-order valence-electron chi connectivity index (χ0n) is 12.4. The molecule has 1 aromatic carbocycles. The lowest BCUT2D eigenvalue weighted by molar-refractivity contribution is -0.139. The first-order chi connectivity index (χ1) is 10.8. The molecule has 1 saturated heterocycles. The molecule has 2 amide bonds. The number of benzene rings is 1. The van der Waals surface area contributed by atoms with Gasteiger partial charge in [0.15, 0.2) is 0 Å². The van der Waals surface area contributed by atoms with Crippen LogP contribution < -0.4 is 5.32 Å². The minimum atomic E-state index is -4.46. The van der Waals surface area contributed by atoms with Gasteiger partial charge in [0.1, 0.15) is 0 Å². The van der Waals surface area contributed by atoms with Crippen LogP contribution in [0, 0.1) is 0 Å². The number of alkyl halides is 3. The maximum absolute atomic E-state index is 13.0. The molecule has 0 unspecified atom stereocenters. The fraction of sp³-hybridized carbons (Fsp3) is 0.375. The molecule has 1 aromatic rings. The minimum absolute atomic E-state index is 0.0476. The molecule has 1 fully saturated rings. The number of carbonyl (C=O) groups is 2. The van der Waals surface area contributed by atoms with Crippen LogP contribution >= 0.6 is 0 Å². The molecule has 0 aromatic heterocycles. The summed E-state index contributed by atoms with van der Waals surface area (Å²) in [5.41, 5.74) is -0.696. The average molecular weight is 326 g/mol. The van der Waals surface area contributed by atoms with E-state index in [-0.39, 0.29) is 49.4 Å². The van der Waals surface area contributed by atoms with Crippen LogP contribution in [0.2, 0.25) is 0 Å². The highest BCUT2D eigenvalue weighted by atomic mass is 19.4. The molecule has 0 saturated carbocycles. The first kappa shape index (κ1) is 17.1. The molecule has 0 radical (unpaired) electrons. The number of amides is 2. The van der Waals surface area contributed by atoms with E-state index in [0.717, 1.165) is 6.07 Å². The predicted molar refractivity (Wildman–Crippen MR) is 78.2 cm³/mol. The highest BCUT2D eigenvalue weighted by molar-refractivity contribution is 5.82. The van der Waals surface area contributed by atoms with Crippen LogP contribution in [-0.4, -0.2) is 29.3 Å². The van der Waals surface area contributed by atoms with Crippen molar-refractivity contribution in [1.82, 2.24) is 10.2 Å². The number of carbonyl (C=O) groups excluding carboxylic acids is 2. The summed E-state index contributed by atoms with van der Waals surface area (Å²) in [6.07, 6.45) is -2.78. The molecule has 1 N–H and O–H groups in total. The van der Waals surface area contributed by atoms with E-state index in [1.165, 1.54) is 29.2 Å². The lowest BCUT2D eigenvalue weighted by Gasteiger charge is -2.20. The van der Waals surface area contributed by atoms with Crippen LogP contribution in [-0.2, 0) is 22.3 Å². The second-order valence-corrected chi connectivity index (χ2v) is 5.39. The molecule has 1 atom stereocenters. The van der Waals surface area contributed by atoms with Crippen LogP contribution in [0.25, 0.3) is 0 Å². The predicted octanol–water partition coefficient (Wildman–Crippen LogP) is 2.50. The quantitative estimate of drug-likeness (QED) is 0.845. The number of hydrogen-bond acceptors (Lipinski definition) is 2. The van der Waals surface area contributed by atoms with Gasteiger partial charge in [-0.25, -0.2) is 0 Å². The van der Waals surface area contributed by atoms with Gasteiger partial charge in [-0.05, 0) is 11.6 Å². The molecule has 4 nitrogen and oxygen atoms in total. The van der Waals surface area contributed by atoms with E-state index in [0.29, 0.717) is 0 Å². The molecular weight excluding hydrogens is 309 g/mol. The maximum Gasteiger partial charge on any atom is 0.416 e. The Hall–Kier alpha value is -2.31. The molecule has 7 heteroatoms. The molecular formula is C16H17F3N2O2. The zero-order valence-corrected chi connectivity index (χ0v) is 12.4. The lowest BCUT2D eigenvalue weighted by atomic mass is 10.1. The minimum Gasteiger partial charge on any atom is -0.351 e. The number of halogens is 3. The largest absolute Gasteiger partial charge is 0.416 e. The third-order valence-electron chi connectivity index (χ3n) is 3.59. The second-order valence-electron chi connectivity index (χ2n) is 5.39. The normalized spacial score (nSPS) is 18.1. The van der Waals surface area contributed by atoms with Gasteiger partial charge in [-0.15, -0.1) is 6.58 Å². The number of rotatable bonds is 5. The van der Waals surface area contributed by atoms with Crippen LogP contribution in [0.15, 0.2) is 36.9 Å². The lowest BCUT2D eigenvalue weighted by Crippen LogP contribution is -2.36. The van der Waals surface area contributed by atoms with Crippen molar-refractivity contribution in [2.24, 2.45) is 0 Å². The molecule has 0 aliphatic carbocycles. The van der Waals surface area contributed by atoms with Gasteiger partial charge in [-0.2, -0.15) is 13.2 Å². The van der Waals surface area contributed by atoms with Gasteiger partial charge >= 0.3 is 6.18 Å². The Labute approximate surface area is 132 Å². The van der Waals surface area contributed by atoms with Gasteiger partial charge < -0.3 is 10.2 Å². The Morgan fingerprint density at radius 1 is 1.39 bits per heavy atom. The van der Waals surface area contributed by atoms with E-state index in [1.807, 2.05) is 0 Å². The van der Waals surface area contributed by atoms with Crippen molar-refractivity contribution in [2.75, 3.05) is 6.54 Å². The van der Waals surface area contributed by atoms with Crippen LogP contribution in [0.1, 0.15) is 24.0 Å². The summed E-state index contributed by atoms with van der Waals surface area (Å²) < 4.78 is 38.9. The van der Waals surface area contributed by atoms with E-state index < -0.39 is 11.7 Å². The molecule has 1 aliphatic heterocycles. The molecule has 2 rings (SSSR count). The van der Waals surface area contributed by atoms with Crippen molar-refractivity contribution >= 4 is 11.8 Å². The standard InChI is InChI=1S/C16H17F3N2O2/c1-2-5-14(22)20-12-8-15(23)21(10-12)9-11-6-3-4-7-13(11)16(17,18)19/h2-4,6-7,12H,1,5,8-10H2,(H,20,22)/t12-/m0/s1. The van der Waals surface area contributed by atoms with Crippen LogP contribution in [0.4, 0.5) is 13.2 Å². The van der Waals surface area contributed by atoms with Crippen molar-refractivity contribution < 1.29 is 22.8 Å². The Kier molecular flexibility index (Phi) is 5.08. The first-order valence-corrected chi connectivity index (χ1v) is 7.14. The van der Waals surface area contributed by atoms with Gasteiger partial charge in [-0.1, -0.05) is 24.3 Å². The van der Waals surface area contributed by atoms with Crippen molar-refractivity contribution in [3.63, 3.8) is 0 Å². The SMILES string of the molecule is C=CCC(=O)N[C@H]1CC(=O)N(Cc2ccccc2C(F)(F)F)C1. The Balaban J connectivity index is 2.06. The third kappa shape index (κ3) is 4.34. The van der Waals surface area contributed by atoms with Gasteiger partial charge in [0.2, 0.25) is 11.8 Å². The molecule has 1 heterocycles. The number of likely N-dealkylation sites (tertiary alicyclic amines) is 1. The van der Waals surface area contributed by atoms with Crippen molar-refractivity contribution in [3.8, 4) is 0 Å². The fourth-order valence-corrected chi connectivity index (χ4v) is 2.58.